The van der Waals surface area contributed by atoms with Gasteiger partial charge >= 0.3 is 5.97 Å². The molecule has 3 nitrogen and oxygen atoms in total. The topological polar surface area (TPSA) is 35.5 Å². The minimum atomic E-state index is -0.855. The van der Waals surface area contributed by atoms with Crippen LogP contribution in [0.15, 0.2) is 67.3 Å². The molecule has 1 aliphatic carbocycles. The average molecular weight is 509 g/mol. The number of halogens is 3. The summed E-state index contributed by atoms with van der Waals surface area (Å²) in [6.45, 7) is 6.02. The van der Waals surface area contributed by atoms with Crippen molar-refractivity contribution in [1.29, 1.82) is 0 Å². The van der Waals surface area contributed by atoms with E-state index >= 15 is 4.39 Å². The maximum absolute atomic E-state index is 15.0. The Bertz CT molecular complexity index is 1250. The number of hydrogen-bond donors (Lipinski definition) is 0. The fourth-order valence-electron chi connectivity index (χ4n) is 4.74. The van der Waals surface area contributed by atoms with Crippen LogP contribution in [-0.4, -0.2) is 12.6 Å². The Hall–Kier alpha value is -3.54. The lowest BCUT2D eigenvalue weighted by atomic mass is 9.78. The van der Waals surface area contributed by atoms with Gasteiger partial charge in [-0.15, -0.1) is 6.58 Å². The van der Waals surface area contributed by atoms with Crippen LogP contribution in [0.3, 0.4) is 0 Å². The second-order valence-corrected chi connectivity index (χ2v) is 9.54. The van der Waals surface area contributed by atoms with Crippen molar-refractivity contribution in [2.24, 2.45) is 5.92 Å². The van der Waals surface area contributed by atoms with E-state index in [-0.39, 0.29) is 17.2 Å². The van der Waals surface area contributed by atoms with Crippen molar-refractivity contribution in [2.45, 2.75) is 51.4 Å². The zero-order chi connectivity index (χ0) is 26.4. The van der Waals surface area contributed by atoms with Gasteiger partial charge < -0.3 is 9.47 Å². The molecule has 194 valence electrons. The molecule has 4 rings (SSSR count). The summed E-state index contributed by atoms with van der Waals surface area (Å²) in [4.78, 5) is 12.7. The number of carbonyl (C=O) groups is 1. The molecule has 1 saturated carbocycles. The smallest absolute Gasteiger partial charge is 0.314 e. The Morgan fingerprint density at radius 2 is 1.70 bits per heavy atom. The minimum absolute atomic E-state index is 0.148. The molecule has 0 saturated heterocycles. The highest BCUT2D eigenvalue weighted by molar-refractivity contribution is 5.75. The summed E-state index contributed by atoms with van der Waals surface area (Å²) in [6, 6.07) is 14.7. The molecule has 0 heterocycles. The molecule has 0 aliphatic heterocycles. The third-order valence-electron chi connectivity index (χ3n) is 6.91. The minimum Gasteiger partial charge on any atom is -0.493 e. The van der Waals surface area contributed by atoms with E-state index in [1.165, 1.54) is 12.1 Å². The predicted molar refractivity (Wildman–Crippen MR) is 138 cm³/mol. The zero-order valence-corrected chi connectivity index (χ0v) is 20.9. The second-order valence-electron chi connectivity index (χ2n) is 9.54. The SMILES string of the molecule is C=CCCCOc1ccc(OC(=O)C2CCC(c3ccc(-c4ccc(C)cc4)c(F)c3F)CC2)c(F)c1. The molecular formula is C31H31F3O3. The van der Waals surface area contributed by atoms with Crippen LogP contribution in [0.5, 0.6) is 11.5 Å². The van der Waals surface area contributed by atoms with E-state index in [1.807, 2.05) is 19.1 Å². The van der Waals surface area contributed by atoms with Gasteiger partial charge in [-0.2, -0.15) is 0 Å². The molecule has 3 aromatic carbocycles. The molecule has 0 N–H and O–H groups in total. The highest BCUT2D eigenvalue weighted by atomic mass is 19.2. The summed E-state index contributed by atoms with van der Waals surface area (Å²) in [7, 11) is 0. The number of hydrogen-bond acceptors (Lipinski definition) is 3. The number of allylic oxidation sites excluding steroid dienone is 1. The highest BCUT2D eigenvalue weighted by Crippen LogP contribution is 2.39. The van der Waals surface area contributed by atoms with Gasteiger partial charge in [-0.05, 0) is 74.6 Å². The molecule has 37 heavy (non-hydrogen) atoms. The molecule has 0 spiro atoms. The first-order chi connectivity index (χ1) is 17.9. The first-order valence-corrected chi connectivity index (χ1v) is 12.7. The molecule has 0 unspecified atom stereocenters. The van der Waals surface area contributed by atoms with Gasteiger partial charge in [0.1, 0.15) is 5.75 Å². The number of benzene rings is 3. The lowest BCUT2D eigenvalue weighted by molar-refractivity contribution is -0.140. The largest absolute Gasteiger partial charge is 0.493 e. The average Bonchev–Trinajstić information content (AvgIpc) is 2.90. The van der Waals surface area contributed by atoms with Crippen molar-refractivity contribution in [3.63, 3.8) is 0 Å². The van der Waals surface area contributed by atoms with Crippen molar-refractivity contribution in [2.75, 3.05) is 6.61 Å². The van der Waals surface area contributed by atoms with E-state index in [0.717, 1.165) is 18.4 Å². The number of esters is 1. The molecule has 1 fully saturated rings. The molecule has 3 aromatic rings. The Balaban J connectivity index is 1.34. The Labute approximate surface area is 215 Å². The van der Waals surface area contributed by atoms with Crippen LogP contribution in [-0.2, 0) is 4.79 Å². The Morgan fingerprint density at radius 3 is 2.38 bits per heavy atom. The highest BCUT2D eigenvalue weighted by Gasteiger charge is 2.31. The van der Waals surface area contributed by atoms with Gasteiger partial charge in [0.15, 0.2) is 23.2 Å². The summed E-state index contributed by atoms with van der Waals surface area (Å²) < 4.78 is 55.2. The first-order valence-electron chi connectivity index (χ1n) is 12.7. The molecule has 0 aromatic heterocycles. The van der Waals surface area contributed by atoms with E-state index in [2.05, 4.69) is 6.58 Å². The van der Waals surface area contributed by atoms with E-state index in [1.54, 1.807) is 36.4 Å². The summed E-state index contributed by atoms with van der Waals surface area (Å²) >= 11 is 0. The van der Waals surface area contributed by atoms with Gasteiger partial charge in [0.25, 0.3) is 0 Å². The van der Waals surface area contributed by atoms with Gasteiger partial charge in [-0.25, -0.2) is 13.2 Å². The normalized spacial score (nSPS) is 17.3. The van der Waals surface area contributed by atoms with Gasteiger partial charge in [0.05, 0.1) is 12.5 Å². The van der Waals surface area contributed by atoms with Crippen molar-refractivity contribution in [3.8, 4) is 22.6 Å². The molecular weight excluding hydrogens is 477 g/mol. The van der Waals surface area contributed by atoms with Crippen molar-refractivity contribution in [1.82, 2.24) is 0 Å². The van der Waals surface area contributed by atoms with E-state index in [4.69, 9.17) is 9.47 Å². The lowest BCUT2D eigenvalue weighted by Gasteiger charge is -2.28. The molecule has 0 amide bonds. The summed E-state index contributed by atoms with van der Waals surface area (Å²) in [6.07, 6.45) is 5.31. The summed E-state index contributed by atoms with van der Waals surface area (Å²) in [5.41, 5.74) is 2.23. The van der Waals surface area contributed by atoms with Crippen LogP contribution in [0, 0.1) is 30.3 Å². The molecule has 0 bridgehead atoms. The van der Waals surface area contributed by atoms with Gasteiger partial charge in [-0.3, -0.25) is 4.79 Å². The van der Waals surface area contributed by atoms with Gasteiger partial charge in [-0.1, -0.05) is 48.0 Å². The van der Waals surface area contributed by atoms with E-state index < -0.39 is 29.3 Å². The van der Waals surface area contributed by atoms with Crippen LogP contribution in [0.25, 0.3) is 11.1 Å². The third-order valence-corrected chi connectivity index (χ3v) is 6.91. The van der Waals surface area contributed by atoms with Gasteiger partial charge in [0.2, 0.25) is 0 Å². The number of ether oxygens (including phenoxy) is 2. The monoisotopic (exact) mass is 508 g/mol. The van der Waals surface area contributed by atoms with Gasteiger partial charge in [0, 0.05) is 11.6 Å². The Morgan fingerprint density at radius 1 is 0.973 bits per heavy atom. The number of aryl methyl sites for hydroxylation is 1. The van der Waals surface area contributed by atoms with E-state index in [9.17, 15) is 13.6 Å². The Kier molecular flexibility index (Phi) is 8.70. The van der Waals surface area contributed by atoms with Crippen molar-refractivity contribution >= 4 is 5.97 Å². The predicted octanol–water partition coefficient (Wildman–Crippen LogP) is 8.30. The molecule has 6 heteroatoms. The van der Waals surface area contributed by atoms with Crippen molar-refractivity contribution in [3.05, 3.63) is 95.8 Å². The standard InChI is InChI=1S/C31H31F3O3/c1-3-4-5-18-36-24-14-17-28(27(32)19-24)37-31(35)23-12-10-22(11-13-23)26-16-15-25(29(33)30(26)34)21-8-6-20(2)7-9-21/h3,6-9,14-17,19,22-23H,1,4-5,10-13,18H2,2H3. The number of carbonyl (C=O) groups excluding carboxylic acids is 1. The lowest BCUT2D eigenvalue weighted by Crippen LogP contribution is -2.25. The molecule has 0 radical (unpaired) electrons. The summed E-state index contributed by atoms with van der Waals surface area (Å²) in [5, 5.41) is 0. The second kappa shape index (κ2) is 12.1. The van der Waals surface area contributed by atoms with Crippen LogP contribution in [0.2, 0.25) is 0 Å². The zero-order valence-electron chi connectivity index (χ0n) is 20.9. The summed E-state index contributed by atoms with van der Waals surface area (Å²) in [5.74, 6) is -3.28. The quantitative estimate of drug-likeness (QED) is 0.126. The maximum Gasteiger partial charge on any atom is 0.314 e. The number of unbranched alkanes of at least 4 members (excludes halogenated alkanes) is 1. The first kappa shape index (κ1) is 26.5. The van der Waals surface area contributed by atoms with Crippen molar-refractivity contribution < 1.29 is 27.4 Å². The number of rotatable bonds is 9. The molecule has 0 atom stereocenters. The van der Waals surface area contributed by atoms with E-state index in [0.29, 0.717) is 49.2 Å². The molecule has 1 aliphatic rings. The maximum atomic E-state index is 15.0. The third kappa shape index (κ3) is 6.43. The van der Waals surface area contributed by atoms with Crippen LogP contribution in [0.1, 0.15) is 55.6 Å². The van der Waals surface area contributed by atoms with Crippen LogP contribution >= 0.6 is 0 Å². The van der Waals surface area contributed by atoms with Crippen LogP contribution < -0.4 is 9.47 Å². The van der Waals surface area contributed by atoms with Crippen LogP contribution in [0.4, 0.5) is 13.2 Å². The fraction of sp³-hybridized carbons (Fsp3) is 0.323. The fourth-order valence-corrected chi connectivity index (χ4v) is 4.74.